The van der Waals surface area contributed by atoms with Crippen molar-refractivity contribution >= 4 is 17.4 Å². The molecule has 8 nitrogen and oxygen atoms in total. The highest BCUT2D eigenvalue weighted by molar-refractivity contribution is 5.99. The van der Waals surface area contributed by atoms with Gasteiger partial charge in [0.05, 0.1) is 11.9 Å². The molecule has 0 unspecified atom stereocenters. The number of aromatic amines is 1. The van der Waals surface area contributed by atoms with Crippen molar-refractivity contribution in [2.24, 2.45) is 0 Å². The largest absolute Gasteiger partial charge is 0.471 e. The summed E-state index contributed by atoms with van der Waals surface area (Å²) in [4.78, 5) is 15.0. The number of benzene rings is 1. The smallest absolute Gasteiger partial charge is 0.329 e. The van der Waals surface area contributed by atoms with Crippen LogP contribution >= 0.6 is 0 Å². The fraction of sp³-hybridized carbons (Fsp3) is 0.0769. The minimum absolute atomic E-state index is 0.197. The van der Waals surface area contributed by atoms with Crippen molar-refractivity contribution in [3.8, 4) is 11.4 Å². The van der Waals surface area contributed by atoms with E-state index >= 15 is 0 Å². The van der Waals surface area contributed by atoms with Gasteiger partial charge in [-0.25, -0.2) is 4.79 Å². The molecule has 0 aliphatic rings. The lowest BCUT2D eigenvalue weighted by Crippen LogP contribution is -2.18. The molecule has 0 saturated carbocycles. The maximum atomic E-state index is 12.4. The highest BCUT2D eigenvalue weighted by Crippen LogP contribution is 2.29. The molecule has 11 heteroatoms. The fourth-order valence-corrected chi connectivity index (χ4v) is 1.77. The van der Waals surface area contributed by atoms with Crippen LogP contribution in [0, 0.1) is 0 Å². The summed E-state index contributed by atoms with van der Waals surface area (Å²) in [6.07, 6.45) is -1.77. The summed E-state index contributed by atoms with van der Waals surface area (Å²) in [6.45, 7) is 0. The molecular weight excluding hydrogens is 329 g/mol. The summed E-state index contributed by atoms with van der Waals surface area (Å²) in [5.74, 6) is -1.61. The molecule has 24 heavy (non-hydrogen) atoms. The van der Waals surface area contributed by atoms with Crippen LogP contribution in [0.3, 0.4) is 0 Å². The number of carbonyl (C=O) groups excluding carboxylic acids is 1. The second-order valence-corrected chi connectivity index (χ2v) is 4.56. The minimum atomic E-state index is -4.70. The number of hydrogen-bond acceptors (Lipinski definition) is 5. The SMILES string of the molecule is O=C(Nc1ccc(-c2noc(C(F)(F)F)n2)cc1)Nc1cn[nH]c1. The van der Waals surface area contributed by atoms with Gasteiger partial charge >= 0.3 is 18.1 Å². The van der Waals surface area contributed by atoms with Gasteiger partial charge in [0, 0.05) is 17.4 Å². The molecule has 2 heterocycles. The van der Waals surface area contributed by atoms with Crippen molar-refractivity contribution in [3.63, 3.8) is 0 Å². The van der Waals surface area contributed by atoms with Crippen LogP contribution in [0.25, 0.3) is 11.4 Å². The lowest BCUT2D eigenvalue weighted by molar-refractivity contribution is -0.159. The zero-order valence-corrected chi connectivity index (χ0v) is 11.8. The molecule has 0 aliphatic heterocycles. The Bertz CT molecular complexity index is 826. The molecule has 0 spiro atoms. The Morgan fingerprint density at radius 1 is 1.12 bits per heavy atom. The molecule has 3 aromatic rings. The predicted molar refractivity (Wildman–Crippen MR) is 76.0 cm³/mol. The molecule has 0 radical (unpaired) electrons. The van der Waals surface area contributed by atoms with E-state index in [0.29, 0.717) is 16.9 Å². The van der Waals surface area contributed by atoms with Crippen molar-refractivity contribution in [2.45, 2.75) is 6.18 Å². The third-order valence-electron chi connectivity index (χ3n) is 2.83. The van der Waals surface area contributed by atoms with Crippen molar-refractivity contribution < 1.29 is 22.5 Å². The number of H-pyrrole nitrogens is 1. The van der Waals surface area contributed by atoms with E-state index in [4.69, 9.17) is 0 Å². The van der Waals surface area contributed by atoms with Gasteiger partial charge in [0.15, 0.2) is 0 Å². The van der Waals surface area contributed by atoms with E-state index in [-0.39, 0.29) is 5.82 Å². The number of anilines is 2. The van der Waals surface area contributed by atoms with Crippen LogP contribution < -0.4 is 10.6 Å². The number of carbonyl (C=O) groups is 1. The first-order valence-corrected chi connectivity index (χ1v) is 6.50. The Hall–Kier alpha value is -3.37. The Kier molecular flexibility index (Phi) is 3.90. The van der Waals surface area contributed by atoms with E-state index in [1.807, 2.05) is 0 Å². The Morgan fingerprint density at radius 3 is 2.42 bits per heavy atom. The molecular formula is C13H9F3N6O2. The number of amides is 2. The van der Waals surface area contributed by atoms with Gasteiger partial charge in [0.1, 0.15) is 0 Å². The van der Waals surface area contributed by atoms with Gasteiger partial charge in [-0.2, -0.15) is 23.3 Å². The first kappa shape index (κ1) is 15.5. The zero-order valence-electron chi connectivity index (χ0n) is 11.8. The molecule has 3 rings (SSSR count). The molecule has 2 aromatic heterocycles. The van der Waals surface area contributed by atoms with Crippen LogP contribution in [0.4, 0.5) is 29.3 Å². The molecule has 3 N–H and O–H groups in total. The second kappa shape index (κ2) is 6.02. The average molecular weight is 338 g/mol. The molecule has 0 aliphatic carbocycles. The standard InChI is InChI=1S/C13H9F3N6O2/c14-13(15,16)11-21-10(22-24-11)7-1-3-8(4-2-7)19-12(23)20-9-5-17-18-6-9/h1-6H,(H,17,18)(H2,19,20,23). The van der Waals surface area contributed by atoms with E-state index < -0.39 is 18.1 Å². The van der Waals surface area contributed by atoms with E-state index in [1.54, 1.807) is 0 Å². The fourth-order valence-electron chi connectivity index (χ4n) is 1.77. The number of hydrogen-bond donors (Lipinski definition) is 3. The lowest BCUT2D eigenvalue weighted by atomic mass is 10.2. The normalized spacial score (nSPS) is 11.3. The van der Waals surface area contributed by atoms with Gasteiger partial charge in [-0.3, -0.25) is 5.10 Å². The first-order valence-electron chi connectivity index (χ1n) is 6.50. The van der Waals surface area contributed by atoms with Gasteiger partial charge in [-0.05, 0) is 24.3 Å². The van der Waals surface area contributed by atoms with Gasteiger partial charge in [-0.15, -0.1) is 0 Å². The molecule has 124 valence electrons. The number of nitrogens with one attached hydrogen (secondary N) is 3. The van der Waals surface area contributed by atoms with Crippen molar-refractivity contribution in [1.82, 2.24) is 20.3 Å². The molecule has 0 fully saturated rings. The van der Waals surface area contributed by atoms with E-state index in [2.05, 4.69) is 35.5 Å². The number of nitrogens with zero attached hydrogens (tertiary/aromatic N) is 3. The summed E-state index contributed by atoms with van der Waals surface area (Å²) in [6, 6.07) is 5.40. The molecule has 1 aromatic carbocycles. The van der Waals surface area contributed by atoms with Gasteiger partial charge < -0.3 is 15.2 Å². The second-order valence-electron chi connectivity index (χ2n) is 4.56. The third kappa shape index (κ3) is 3.51. The van der Waals surface area contributed by atoms with Crippen LogP contribution in [0.15, 0.2) is 41.2 Å². The van der Waals surface area contributed by atoms with Crippen LogP contribution in [0.2, 0.25) is 0 Å². The minimum Gasteiger partial charge on any atom is -0.329 e. The molecule has 2 amide bonds. The van der Waals surface area contributed by atoms with Gasteiger partial charge in [-0.1, -0.05) is 5.16 Å². The van der Waals surface area contributed by atoms with Crippen LogP contribution in [0.1, 0.15) is 5.89 Å². The highest BCUT2D eigenvalue weighted by Gasteiger charge is 2.38. The summed E-state index contributed by atoms with van der Waals surface area (Å²) in [5.41, 5.74) is 1.23. The lowest BCUT2D eigenvalue weighted by Gasteiger charge is -2.06. The third-order valence-corrected chi connectivity index (χ3v) is 2.83. The van der Waals surface area contributed by atoms with E-state index in [0.717, 1.165) is 0 Å². The van der Waals surface area contributed by atoms with Crippen molar-refractivity contribution in [2.75, 3.05) is 10.6 Å². The van der Waals surface area contributed by atoms with E-state index in [9.17, 15) is 18.0 Å². The van der Waals surface area contributed by atoms with Gasteiger partial charge in [0.25, 0.3) is 0 Å². The maximum Gasteiger partial charge on any atom is 0.471 e. The summed E-state index contributed by atoms with van der Waals surface area (Å²) < 4.78 is 41.4. The zero-order chi connectivity index (χ0) is 17.2. The number of rotatable bonds is 3. The summed E-state index contributed by atoms with van der Waals surface area (Å²) in [7, 11) is 0. The maximum absolute atomic E-state index is 12.4. The molecule has 0 bridgehead atoms. The van der Waals surface area contributed by atoms with Crippen LogP contribution in [0.5, 0.6) is 0 Å². The van der Waals surface area contributed by atoms with Crippen LogP contribution in [-0.2, 0) is 6.18 Å². The van der Waals surface area contributed by atoms with E-state index in [1.165, 1.54) is 36.7 Å². The number of urea groups is 1. The van der Waals surface area contributed by atoms with Crippen LogP contribution in [-0.4, -0.2) is 26.4 Å². The number of halogens is 3. The molecule has 0 saturated heterocycles. The summed E-state index contributed by atoms with van der Waals surface area (Å²) in [5, 5.41) is 14.6. The Labute approximate surface area is 132 Å². The van der Waals surface area contributed by atoms with Gasteiger partial charge in [0.2, 0.25) is 5.82 Å². The Balaban J connectivity index is 1.67. The summed E-state index contributed by atoms with van der Waals surface area (Å²) >= 11 is 0. The van der Waals surface area contributed by atoms with Crippen molar-refractivity contribution in [1.29, 1.82) is 0 Å². The number of alkyl halides is 3. The predicted octanol–water partition coefficient (Wildman–Crippen LogP) is 3.12. The topological polar surface area (TPSA) is 109 Å². The first-order chi connectivity index (χ1) is 11.4. The number of aromatic nitrogens is 4. The monoisotopic (exact) mass is 338 g/mol. The highest BCUT2D eigenvalue weighted by atomic mass is 19.4. The van der Waals surface area contributed by atoms with Crippen molar-refractivity contribution in [3.05, 3.63) is 42.5 Å². The molecule has 0 atom stereocenters. The Morgan fingerprint density at radius 2 is 1.83 bits per heavy atom. The quantitative estimate of drug-likeness (QED) is 0.680. The average Bonchev–Trinajstić information content (AvgIpc) is 3.18.